The topological polar surface area (TPSA) is 31.2 Å². The van der Waals surface area contributed by atoms with E-state index in [0.717, 1.165) is 51.8 Å². The fourth-order valence-electron chi connectivity index (χ4n) is 9.13. The van der Waals surface area contributed by atoms with E-state index in [4.69, 9.17) is 8.83 Å². The van der Waals surface area contributed by atoms with E-state index < -0.39 is 0 Å². The Morgan fingerprint density at radius 2 is 1.07 bits per heavy atom. The van der Waals surface area contributed by atoms with Crippen LogP contribution in [-0.4, -0.2) is 4.57 Å². The van der Waals surface area contributed by atoms with E-state index in [2.05, 4.69) is 168 Å². The van der Waals surface area contributed by atoms with Gasteiger partial charge in [-0.05, 0) is 111 Å². The van der Waals surface area contributed by atoms with Crippen molar-refractivity contribution in [2.24, 2.45) is 0 Å². The number of furan rings is 2. The zero-order valence-electron chi connectivity index (χ0n) is 29.9. The lowest BCUT2D eigenvalue weighted by Gasteiger charge is -2.15. The van der Waals surface area contributed by atoms with Crippen LogP contribution in [0, 0.1) is 0 Å². The molecule has 0 unspecified atom stereocenters. The van der Waals surface area contributed by atoms with E-state index in [0.29, 0.717) is 0 Å². The molecule has 55 heavy (non-hydrogen) atoms. The van der Waals surface area contributed by atoms with Crippen LogP contribution in [0.2, 0.25) is 0 Å². The first-order valence-electron chi connectivity index (χ1n) is 19.0. The van der Waals surface area contributed by atoms with Gasteiger partial charge in [0.05, 0.1) is 11.0 Å². The van der Waals surface area contributed by atoms with Crippen LogP contribution >= 0.6 is 0 Å². The van der Waals surface area contributed by atoms with Gasteiger partial charge in [-0.15, -0.1) is 0 Å². The van der Waals surface area contributed by atoms with Crippen molar-refractivity contribution in [1.29, 1.82) is 0 Å². The average Bonchev–Trinajstić information content (AvgIpc) is 3.92. The van der Waals surface area contributed by atoms with Gasteiger partial charge in [-0.3, -0.25) is 0 Å². The van der Waals surface area contributed by atoms with Crippen molar-refractivity contribution in [2.45, 2.75) is 12.8 Å². The molecule has 3 heterocycles. The number of fused-ring (bicyclic) bond motifs is 10. The number of aryl methyl sites for hydroxylation is 1. The van der Waals surface area contributed by atoms with E-state index in [-0.39, 0.29) is 0 Å². The maximum absolute atomic E-state index is 6.34. The van der Waals surface area contributed by atoms with Crippen LogP contribution < -0.4 is 0 Å². The summed E-state index contributed by atoms with van der Waals surface area (Å²) in [5, 5.41) is 8.47. The third-order valence-corrected chi connectivity index (χ3v) is 11.7. The highest BCUT2D eigenvalue weighted by atomic mass is 16.3. The Morgan fingerprint density at radius 3 is 1.91 bits per heavy atom. The first-order chi connectivity index (χ1) is 27.2. The fraction of sp³-hybridized carbons (Fsp3) is 0.0385. The van der Waals surface area contributed by atoms with E-state index in [1.807, 2.05) is 12.1 Å². The zero-order chi connectivity index (χ0) is 36.0. The number of allylic oxidation sites excluding steroid dienone is 1. The van der Waals surface area contributed by atoms with Gasteiger partial charge < -0.3 is 13.4 Å². The minimum absolute atomic E-state index is 0.873. The Morgan fingerprint density at radius 1 is 0.418 bits per heavy atom. The van der Waals surface area contributed by atoms with Gasteiger partial charge in [0.2, 0.25) is 0 Å². The molecule has 0 spiro atoms. The van der Waals surface area contributed by atoms with Crippen LogP contribution in [0.15, 0.2) is 179 Å². The third-order valence-electron chi connectivity index (χ3n) is 11.7. The van der Waals surface area contributed by atoms with E-state index in [9.17, 15) is 0 Å². The first-order valence-corrected chi connectivity index (χ1v) is 19.0. The average molecular weight is 704 g/mol. The van der Waals surface area contributed by atoms with Gasteiger partial charge in [0.25, 0.3) is 0 Å². The molecule has 1 aliphatic carbocycles. The number of aromatic nitrogens is 1. The van der Waals surface area contributed by atoms with Crippen LogP contribution in [0.5, 0.6) is 0 Å². The van der Waals surface area contributed by atoms with Crippen LogP contribution in [0.4, 0.5) is 0 Å². The van der Waals surface area contributed by atoms with Crippen LogP contribution in [0.1, 0.15) is 23.3 Å². The minimum Gasteiger partial charge on any atom is -0.460 e. The molecule has 0 radical (unpaired) electrons. The van der Waals surface area contributed by atoms with Crippen LogP contribution in [0.3, 0.4) is 0 Å². The lowest BCUT2D eigenvalue weighted by Crippen LogP contribution is -1.98. The number of rotatable bonds is 4. The highest BCUT2D eigenvalue weighted by molar-refractivity contribution is 6.20. The molecule has 3 aromatic heterocycles. The Labute approximate surface area is 317 Å². The molecule has 3 nitrogen and oxygen atoms in total. The van der Waals surface area contributed by atoms with Gasteiger partial charge in [0.15, 0.2) is 0 Å². The summed E-state index contributed by atoms with van der Waals surface area (Å²) in [4.78, 5) is 0. The van der Waals surface area contributed by atoms with E-state index in [1.54, 1.807) is 0 Å². The number of hydrogen-bond acceptors (Lipinski definition) is 2. The molecule has 0 fully saturated rings. The predicted molar refractivity (Wildman–Crippen MR) is 229 cm³/mol. The molecular weight excluding hydrogens is 671 g/mol. The normalized spacial score (nSPS) is 13.1. The number of hydrogen-bond donors (Lipinski definition) is 0. The quantitative estimate of drug-likeness (QED) is 0.183. The Kier molecular flexibility index (Phi) is 6.46. The van der Waals surface area contributed by atoms with Gasteiger partial charge in [-0.2, -0.15) is 0 Å². The van der Waals surface area contributed by atoms with Crippen molar-refractivity contribution in [2.75, 3.05) is 0 Å². The molecule has 11 aromatic rings. The van der Waals surface area contributed by atoms with Crippen molar-refractivity contribution < 1.29 is 8.83 Å². The summed E-state index contributed by atoms with van der Waals surface area (Å²) in [7, 11) is 0. The zero-order valence-corrected chi connectivity index (χ0v) is 29.9. The lowest BCUT2D eigenvalue weighted by atomic mass is 9.88. The molecule has 12 rings (SSSR count). The number of benzene rings is 8. The van der Waals surface area contributed by atoms with E-state index >= 15 is 0 Å². The summed E-state index contributed by atoms with van der Waals surface area (Å²) in [6, 6.07) is 61.3. The third kappa shape index (κ3) is 4.63. The Bertz CT molecular complexity index is 3370. The largest absolute Gasteiger partial charge is 0.460 e. The summed E-state index contributed by atoms with van der Waals surface area (Å²) in [6.07, 6.45) is 4.17. The minimum atomic E-state index is 0.873. The van der Waals surface area contributed by atoms with Crippen molar-refractivity contribution in [3.63, 3.8) is 0 Å². The SMILES string of the molecule is C1=C(c2cccc3c2c2c(-c4ccc5oc6ccccc6c5c4)cccc2n3-c2ccc(-c3ccc4ccccc4c3)cc2)CCc2oc3ccccc3c21. The molecule has 0 aliphatic heterocycles. The maximum Gasteiger partial charge on any atom is 0.135 e. The van der Waals surface area contributed by atoms with Crippen molar-refractivity contribution in [3.05, 3.63) is 187 Å². The first kappa shape index (κ1) is 30.4. The summed E-state index contributed by atoms with van der Waals surface area (Å²) in [6.45, 7) is 0. The molecule has 3 heteroatoms. The molecule has 8 aromatic carbocycles. The smallest absolute Gasteiger partial charge is 0.135 e. The summed E-state index contributed by atoms with van der Waals surface area (Å²) >= 11 is 0. The second kappa shape index (κ2) is 11.7. The van der Waals surface area contributed by atoms with Gasteiger partial charge >= 0.3 is 0 Å². The fourth-order valence-corrected chi connectivity index (χ4v) is 9.13. The van der Waals surface area contributed by atoms with Crippen LogP contribution in [-0.2, 0) is 6.42 Å². The second-order valence-electron chi connectivity index (χ2n) is 14.8. The molecule has 0 bridgehead atoms. The standard InChI is InChI=1S/C52H33NO2/c1-2-10-34-29-35(20-19-32(34)9-1)33-21-25-38(26-22-33)53-45-15-7-13-39(36-23-27-49-43(30-36)41-11-3-5-17-47(41)54-49)51(45)52-40(14-8-16-46(52)53)37-24-28-50-44(31-37)42-12-4-6-18-48(42)55-50/h1-23,25-27,29-31H,24,28H2. The molecule has 0 saturated carbocycles. The summed E-state index contributed by atoms with van der Waals surface area (Å²) in [5.74, 6) is 1.08. The second-order valence-corrected chi connectivity index (χ2v) is 14.8. The Balaban J connectivity index is 1.10. The van der Waals surface area contributed by atoms with Gasteiger partial charge in [0.1, 0.15) is 22.5 Å². The predicted octanol–water partition coefficient (Wildman–Crippen LogP) is 14.4. The van der Waals surface area contributed by atoms with Gasteiger partial charge in [0, 0.05) is 44.6 Å². The Hall–Kier alpha value is -7.10. The molecule has 0 atom stereocenters. The summed E-state index contributed by atoms with van der Waals surface area (Å²) in [5.41, 5.74) is 14.9. The highest BCUT2D eigenvalue weighted by Crippen LogP contribution is 2.45. The monoisotopic (exact) mass is 703 g/mol. The lowest BCUT2D eigenvalue weighted by molar-refractivity contribution is 0.548. The van der Waals surface area contributed by atoms with Crippen molar-refractivity contribution in [1.82, 2.24) is 4.57 Å². The van der Waals surface area contributed by atoms with E-state index in [1.165, 1.54) is 76.9 Å². The molecule has 1 aliphatic rings. The van der Waals surface area contributed by atoms with Crippen molar-refractivity contribution in [3.8, 4) is 27.9 Å². The maximum atomic E-state index is 6.34. The van der Waals surface area contributed by atoms with Crippen molar-refractivity contribution >= 4 is 77.1 Å². The van der Waals surface area contributed by atoms with Crippen LogP contribution in [0.25, 0.3) is 105 Å². The van der Waals surface area contributed by atoms with Gasteiger partial charge in [-0.25, -0.2) is 0 Å². The molecular formula is C52H33NO2. The summed E-state index contributed by atoms with van der Waals surface area (Å²) < 4.78 is 15.0. The highest BCUT2D eigenvalue weighted by Gasteiger charge is 2.24. The number of para-hydroxylation sites is 2. The number of nitrogens with zero attached hydrogens (tertiary/aromatic N) is 1. The molecule has 258 valence electrons. The molecule has 0 N–H and O–H groups in total. The molecule has 0 saturated heterocycles. The molecule has 0 amide bonds. The van der Waals surface area contributed by atoms with Gasteiger partial charge in [-0.1, -0.05) is 115 Å².